The summed E-state index contributed by atoms with van der Waals surface area (Å²) in [6, 6.07) is 3.99. The van der Waals surface area contributed by atoms with Crippen LogP contribution in [0, 0.1) is 5.82 Å². The summed E-state index contributed by atoms with van der Waals surface area (Å²) in [4.78, 5) is 13.1. The Bertz CT molecular complexity index is 484. The minimum atomic E-state index is -0.878. The Kier molecular flexibility index (Phi) is 4.54. The van der Waals surface area contributed by atoms with Crippen LogP contribution in [-0.4, -0.2) is 41.7 Å². The van der Waals surface area contributed by atoms with Gasteiger partial charge in [0.25, 0.3) is 0 Å². The SMILES string of the molecule is CC(c1ccc(Br)cc1F)N1CCNCC1C(=O)O. The number of hydrogen-bond donors (Lipinski definition) is 2. The zero-order valence-electron chi connectivity index (χ0n) is 10.6. The molecular formula is C13H16BrFN2O2. The number of aliphatic carboxylic acids is 1. The fourth-order valence-electron chi connectivity index (χ4n) is 2.43. The van der Waals surface area contributed by atoms with E-state index in [0.717, 1.165) is 0 Å². The van der Waals surface area contributed by atoms with E-state index in [1.165, 1.54) is 6.07 Å². The van der Waals surface area contributed by atoms with Crippen molar-refractivity contribution in [3.63, 3.8) is 0 Å². The zero-order chi connectivity index (χ0) is 14.0. The zero-order valence-corrected chi connectivity index (χ0v) is 12.2. The lowest BCUT2D eigenvalue weighted by Gasteiger charge is -2.38. The minimum absolute atomic E-state index is 0.267. The van der Waals surface area contributed by atoms with Crippen LogP contribution in [-0.2, 0) is 4.79 Å². The highest BCUT2D eigenvalue weighted by Crippen LogP contribution is 2.27. The molecule has 1 aliphatic heterocycles. The van der Waals surface area contributed by atoms with Gasteiger partial charge in [-0.3, -0.25) is 9.69 Å². The molecule has 0 aliphatic carbocycles. The van der Waals surface area contributed by atoms with Gasteiger partial charge in [-0.2, -0.15) is 0 Å². The third kappa shape index (κ3) is 3.13. The molecule has 1 aromatic carbocycles. The van der Waals surface area contributed by atoms with E-state index in [1.54, 1.807) is 12.1 Å². The summed E-state index contributed by atoms with van der Waals surface area (Å²) >= 11 is 3.22. The van der Waals surface area contributed by atoms with Crippen molar-refractivity contribution in [2.75, 3.05) is 19.6 Å². The first-order chi connectivity index (χ1) is 9.00. The van der Waals surface area contributed by atoms with Gasteiger partial charge >= 0.3 is 5.97 Å². The Hall–Kier alpha value is -0.980. The van der Waals surface area contributed by atoms with Crippen LogP contribution in [0.5, 0.6) is 0 Å². The Morgan fingerprint density at radius 3 is 3.00 bits per heavy atom. The van der Waals surface area contributed by atoms with Gasteiger partial charge in [-0.1, -0.05) is 22.0 Å². The van der Waals surface area contributed by atoms with Gasteiger partial charge in [0.2, 0.25) is 0 Å². The first-order valence-electron chi connectivity index (χ1n) is 6.15. The van der Waals surface area contributed by atoms with E-state index < -0.39 is 12.0 Å². The van der Waals surface area contributed by atoms with E-state index in [2.05, 4.69) is 21.2 Å². The molecule has 19 heavy (non-hydrogen) atoms. The molecule has 1 heterocycles. The Balaban J connectivity index is 2.25. The Labute approximate surface area is 119 Å². The van der Waals surface area contributed by atoms with Gasteiger partial charge in [0.05, 0.1) is 0 Å². The van der Waals surface area contributed by atoms with Crippen LogP contribution >= 0.6 is 15.9 Å². The normalized spacial score (nSPS) is 22.2. The first-order valence-corrected chi connectivity index (χ1v) is 6.94. The van der Waals surface area contributed by atoms with Gasteiger partial charge in [0.15, 0.2) is 0 Å². The number of benzene rings is 1. The van der Waals surface area contributed by atoms with Gasteiger partial charge in [-0.15, -0.1) is 0 Å². The summed E-state index contributed by atoms with van der Waals surface area (Å²) in [7, 11) is 0. The predicted octanol–water partition coefficient (Wildman–Crippen LogP) is 2.01. The number of rotatable bonds is 3. The molecule has 104 valence electrons. The standard InChI is InChI=1S/C13H16BrFN2O2/c1-8(10-3-2-9(14)6-11(10)15)17-5-4-16-7-12(17)13(18)19/h2-3,6,8,12,16H,4-5,7H2,1H3,(H,18,19). The summed E-state index contributed by atoms with van der Waals surface area (Å²) in [5.74, 6) is -1.19. The lowest BCUT2D eigenvalue weighted by molar-refractivity contribution is -0.145. The van der Waals surface area contributed by atoms with Crippen LogP contribution in [0.3, 0.4) is 0 Å². The molecule has 1 fully saturated rings. The molecule has 0 saturated carbocycles. The van der Waals surface area contributed by atoms with Crippen LogP contribution < -0.4 is 5.32 Å². The lowest BCUT2D eigenvalue weighted by atomic mass is 10.0. The quantitative estimate of drug-likeness (QED) is 0.890. The van der Waals surface area contributed by atoms with E-state index >= 15 is 0 Å². The summed E-state index contributed by atoms with van der Waals surface area (Å²) in [5, 5.41) is 12.3. The third-order valence-electron chi connectivity index (χ3n) is 3.48. The molecule has 0 bridgehead atoms. The average Bonchev–Trinajstić information content (AvgIpc) is 2.38. The maximum atomic E-state index is 14.0. The van der Waals surface area contributed by atoms with Crippen molar-refractivity contribution < 1.29 is 14.3 Å². The summed E-state index contributed by atoms with van der Waals surface area (Å²) in [6.45, 7) is 3.53. The van der Waals surface area contributed by atoms with Crippen molar-refractivity contribution in [1.82, 2.24) is 10.2 Å². The number of carbonyl (C=O) groups is 1. The van der Waals surface area contributed by atoms with E-state index in [0.29, 0.717) is 29.7 Å². The van der Waals surface area contributed by atoms with Gasteiger partial charge in [-0.05, 0) is 19.1 Å². The topological polar surface area (TPSA) is 52.6 Å². The fourth-order valence-corrected chi connectivity index (χ4v) is 2.76. The van der Waals surface area contributed by atoms with Gasteiger partial charge < -0.3 is 10.4 Å². The second-order valence-corrected chi connectivity index (χ2v) is 5.55. The van der Waals surface area contributed by atoms with Crippen LogP contribution in [0.1, 0.15) is 18.5 Å². The smallest absolute Gasteiger partial charge is 0.322 e. The van der Waals surface area contributed by atoms with Crippen molar-refractivity contribution in [3.05, 3.63) is 34.1 Å². The lowest BCUT2D eigenvalue weighted by Crippen LogP contribution is -2.55. The number of piperazine rings is 1. The summed E-state index contributed by atoms with van der Waals surface area (Å²) in [6.07, 6.45) is 0. The molecule has 4 nitrogen and oxygen atoms in total. The van der Waals surface area contributed by atoms with Crippen LogP contribution in [0.4, 0.5) is 4.39 Å². The molecule has 0 aromatic heterocycles. The van der Waals surface area contributed by atoms with E-state index in [1.807, 2.05) is 11.8 Å². The highest BCUT2D eigenvalue weighted by atomic mass is 79.9. The molecule has 1 aromatic rings. The second-order valence-electron chi connectivity index (χ2n) is 4.64. The number of hydrogen-bond acceptors (Lipinski definition) is 3. The van der Waals surface area contributed by atoms with E-state index in [9.17, 15) is 14.3 Å². The molecule has 2 rings (SSSR count). The van der Waals surface area contributed by atoms with Crippen molar-refractivity contribution in [1.29, 1.82) is 0 Å². The molecule has 1 aliphatic rings. The minimum Gasteiger partial charge on any atom is -0.480 e. The Morgan fingerprint density at radius 2 is 2.37 bits per heavy atom. The van der Waals surface area contributed by atoms with Crippen LogP contribution in [0.2, 0.25) is 0 Å². The average molecular weight is 331 g/mol. The van der Waals surface area contributed by atoms with Gasteiger partial charge in [0.1, 0.15) is 11.9 Å². The molecular weight excluding hydrogens is 315 g/mol. The van der Waals surface area contributed by atoms with Crippen molar-refractivity contribution in [2.45, 2.75) is 19.0 Å². The highest BCUT2D eigenvalue weighted by molar-refractivity contribution is 9.10. The molecule has 0 amide bonds. The van der Waals surface area contributed by atoms with Crippen LogP contribution in [0.25, 0.3) is 0 Å². The van der Waals surface area contributed by atoms with E-state index in [-0.39, 0.29) is 11.9 Å². The highest BCUT2D eigenvalue weighted by Gasteiger charge is 2.33. The number of carboxylic acid groups (broad SMARTS) is 1. The fraction of sp³-hybridized carbons (Fsp3) is 0.462. The summed E-state index contributed by atoms with van der Waals surface area (Å²) < 4.78 is 14.6. The predicted molar refractivity (Wildman–Crippen MR) is 73.5 cm³/mol. The molecule has 0 spiro atoms. The van der Waals surface area contributed by atoms with Crippen molar-refractivity contribution in [3.8, 4) is 0 Å². The van der Waals surface area contributed by atoms with Crippen molar-refractivity contribution >= 4 is 21.9 Å². The van der Waals surface area contributed by atoms with Crippen LogP contribution in [0.15, 0.2) is 22.7 Å². The molecule has 0 radical (unpaired) electrons. The molecule has 2 unspecified atom stereocenters. The third-order valence-corrected chi connectivity index (χ3v) is 3.97. The number of nitrogens with zero attached hydrogens (tertiary/aromatic N) is 1. The summed E-state index contributed by atoms with van der Waals surface area (Å²) in [5.41, 5.74) is 0.524. The van der Waals surface area contributed by atoms with Gasteiger partial charge in [-0.25, -0.2) is 4.39 Å². The molecule has 6 heteroatoms. The number of halogens is 2. The first kappa shape index (κ1) is 14.4. The number of carboxylic acids is 1. The van der Waals surface area contributed by atoms with E-state index in [4.69, 9.17) is 0 Å². The van der Waals surface area contributed by atoms with Gasteiger partial charge in [0, 0.05) is 35.7 Å². The molecule has 2 N–H and O–H groups in total. The monoisotopic (exact) mass is 330 g/mol. The largest absolute Gasteiger partial charge is 0.480 e. The number of nitrogens with one attached hydrogen (secondary N) is 1. The molecule has 2 atom stereocenters. The van der Waals surface area contributed by atoms with Crippen molar-refractivity contribution in [2.24, 2.45) is 0 Å². The molecule has 1 saturated heterocycles. The second kappa shape index (κ2) is 5.98. The maximum absolute atomic E-state index is 14.0. The maximum Gasteiger partial charge on any atom is 0.322 e. The Morgan fingerprint density at radius 1 is 1.63 bits per heavy atom.